The second-order valence-electron chi connectivity index (χ2n) is 20.9. The van der Waals surface area contributed by atoms with E-state index < -0.39 is 75.8 Å². The number of likely N-dealkylation sites (tertiary alicyclic amines) is 1. The Morgan fingerprint density at radius 3 is 1.79 bits per heavy atom. The summed E-state index contributed by atoms with van der Waals surface area (Å²) in [6.07, 6.45) is 1.64. The van der Waals surface area contributed by atoms with Gasteiger partial charge in [0.2, 0.25) is 23.6 Å². The molecule has 16 nitrogen and oxygen atoms in total. The largest absolute Gasteiger partial charge is 0.598 e. The van der Waals surface area contributed by atoms with E-state index in [0.29, 0.717) is 45.2 Å². The van der Waals surface area contributed by atoms with E-state index in [1.54, 1.807) is 25.7 Å². The molecule has 70 heavy (non-hydrogen) atoms. The Labute approximate surface area is 417 Å². The Morgan fingerprint density at radius 2 is 1.24 bits per heavy atom. The van der Waals surface area contributed by atoms with Crippen LogP contribution in [0.3, 0.4) is 0 Å². The average Bonchev–Trinajstić information content (AvgIpc) is 3.58. The van der Waals surface area contributed by atoms with Crippen molar-refractivity contribution in [2.75, 3.05) is 19.7 Å². The molecule has 0 aromatic heterocycles. The maximum absolute atomic E-state index is 14.7. The van der Waals surface area contributed by atoms with Crippen LogP contribution in [0.4, 0.5) is 9.59 Å². The third kappa shape index (κ3) is 16.2. The summed E-state index contributed by atoms with van der Waals surface area (Å²) >= 11 is -1.32. The topological polar surface area (TPSA) is 233 Å². The summed E-state index contributed by atoms with van der Waals surface area (Å²) in [4.78, 5) is 84.1. The van der Waals surface area contributed by atoms with E-state index in [2.05, 4.69) is 38.1 Å². The lowest BCUT2D eigenvalue weighted by molar-refractivity contribution is -0.139. The molecule has 382 valence electrons. The van der Waals surface area contributed by atoms with Crippen molar-refractivity contribution >= 4 is 47.2 Å². The first kappa shape index (κ1) is 55.3. The maximum Gasteiger partial charge on any atom is 0.408 e. The van der Waals surface area contributed by atoms with Gasteiger partial charge in [-0.05, 0) is 115 Å². The van der Waals surface area contributed by atoms with Gasteiger partial charge in [-0.15, -0.1) is 4.72 Å². The molecule has 3 aromatic rings. The number of rotatable bonds is 21. The van der Waals surface area contributed by atoms with Crippen molar-refractivity contribution in [3.05, 3.63) is 107 Å². The van der Waals surface area contributed by atoms with Crippen LogP contribution in [0.5, 0.6) is 0 Å². The van der Waals surface area contributed by atoms with Crippen LogP contribution in [0, 0.1) is 5.92 Å². The normalized spacial score (nSPS) is 17.6. The third-order valence-corrected chi connectivity index (χ3v) is 14.3. The Bertz CT molecular complexity index is 2230. The molecule has 2 aliphatic rings. The minimum Gasteiger partial charge on any atom is -0.598 e. The van der Waals surface area contributed by atoms with Crippen LogP contribution in [-0.4, -0.2) is 106 Å². The number of piperidine rings is 1. The second-order valence-corrected chi connectivity index (χ2v) is 22.9. The van der Waals surface area contributed by atoms with Crippen molar-refractivity contribution in [3.8, 4) is 0 Å². The van der Waals surface area contributed by atoms with Crippen molar-refractivity contribution < 1.29 is 42.8 Å². The molecule has 7 N–H and O–H groups in total. The fourth-order valence-electron chi connectivity index (χ4n) is 9.18. The molecule has 0 radical (unpaired) electrons. The van der Waals surface area contributed by atoms with Gasteiger partial charge in [-0.25, -0.2) is 9.59 Å². The molecule has 1 heterocycles. The van der Waals surface area contributed by atoms with E-state index in [1.807, 2.05) is 107 Å². The van der Waals surface area contributed by atoms with Gasteiger partial charge < -0.3 is 45.9 Å². The SMILES string of the molecule is CC(C)C[C@@H](NC(=O)[C@@H](Cc1ccccc1)NC(=O)[C@@H](Cc1ccccc1)NC(=O)OC(C)(C)C)C(=O)N[C@H](CCCCOC(N)=O)C(=O)N1CCC2(CC1)c1ccccc1CC2N[S+]([O-])C(C)(C)C. The molecule has 1 fully saturated rings. The number of unbranched alkanes of at least 4 members (excludes halogenated alkanes) is 1. The molecule has 5 rings (SSSR count). The first-order valence-electron chi connectivity index (χ1n) is 24.5. The standard InChI is InChI=1S/C53H75N7O9S/c1-35(2)31-41(56-46(62)42(32-36-19-11-9-12-20-36)57-47(63)43(33-37-21-13-10-14-22-37)58-50(66)69-51(3,4)5)45(61)55-40(25-17-18-30-68-49(54)65)48(64)60-28-26-53(27-29-60)39-24-16-15-23-38(39)34-44(53)59-70(67)52(6,7)8/h9-16,19-24,35,40-44,59H,17-18,25-34H2,1-8H3,(H2,54,65)(H,55,61)(H,56,62)(H,57,63)(H,58,66)/t40-,41-,42-,43-,44?,70?/m1/s1. The van der Waals surface area contributed by atoms with Crippen LogP contribution in [-0.2, 0) is 64.7 Å². The molecule has 6 atom stereocenters. The lowest BCUT2D eigenvalue weighted by atomic mass is 9.71. The highest BCUT2D eigenvalue weighted by Gasteiger charge is 2.51. The summed E-state index contributed by atoms with van der Waals surface area (Å²) in [5.74, 6) is -2.18. The molecule has 6 amide bonds. The number of nitrogens with two attached hydrogens (primary N) is 1. The molecule has 3 aromatic carbocycles. The average molecular weight is 986 g/mol. The van der Waals surface area contributed by atoms with Crippen LogP contribution < -0.4 is 31.7 Å². The Morgan fingerprint density at radius 1 is 0.729 bits per heavy atom. The fourth-order valence-corrected chi connectivity index (χ4v) is 10.1. The lowest BCUT2D eigenvalue weighted by Crippen LogP contribution is -2.60. The van der Waals surface area contributed by atoms with Gasteiger partial charge >= 0.3 is 12.2 Å². The highest BCUT2D eigenvalue weighted by Crippen LogP contribution is 2.47. The minimum atomic E-state index is -1.32. The zero-order valence-corrected chi connectivity index (χ0v) is 43.0. The monoisotopic (exact) mass is 986 g/mol. The number of carbonyl (C=O) groups excluding carboxylic acids is 6. The van der Waals surface area contributed by atoms with Gasteiger partial charge in [0.05, 0.1) is 12.6 Å². The highest BCUT2D eigenvalue weighted by molar-refractivity contribution is 7.90. The molecule has 17 heteroatoms. The molecule has 1 aliphatic heterocycles. The predicted molar refractivity (Wildman–Crippen MR) is 271 cm³/mol. The van der Waals surface area contributed by atoms with Gasteiger partial charge in [0.15, 0.2) is 0 Å². The number of hydrogen-bond donors (Lipinski definition) is 6. The van der Waals surface area contributed by atoms with Crippen LogP contribution >= 0.6 is 0 Å². The van der Waals surface area contributed by atoms with Crippen molar-refractivity contribution in [3.63, 3.8) is 0 Å². The first-order chi connectivity index (χ1) is 33.0. The van der Waals surface area contributed by atoms with E-state index in [4.69, 9.17) is 15.2 Å². The molecular weight excluding hydrogens is 911 g/mol. The summed E-state index contributed by atoms with van der Waals surface area (Å²) in [7, 11) is 0. The maximum atomic E-state index is 14.7. The quantitative estimate of drug-likeness (QED) is 0.0566. The van der Waals surface area contributed by atoms with Gasteiger partial charge in [-0.3, -0.25) is 19.2 Å². The second kappa shape index (κ2) is 25.0. The number of fused-ring (bicyclic) bond motifs is 2. The molecule has 1 saturated heterocycles. The van der Waals surface area contributed by atoms with E-state index in [9.17, 15) is 33.3 Å². The lowest BCUT2D eigenvalue weighted by Gasteiger charge is -2.45. The Hall–Kier alpha value is -5.65. The summed E-state index contributed by atoms with van der Waals surface area (Å²) in [5.41, 5.74) is 7.91. The van der Waals surface area contributed by atoms with E-state index >= 15 is 0 Å². The van der Waals surface area contributed by atoms with Gasteiger partial charge in [0.1, 0.15) is 34.5 Å². The smallest absolute Gasteiger partial charge is 0.408 e. The number of amides is 6. The van der Waals surface area contributed by atoms with E-state index in [1.165, 1.54) is 11.1 Å². The number of nitrogens with zero attached hydrogens (tertiary/aromatic N) is 1. The van der Waals surface area contributed by atoms with Crippen LogP contribution in [0.15, 0.2) is 84.9 Å². The van der Waals surface area contributed by atoms with Gasteiger partial charge in [-0.1, -0.05) is 98.8 Å². The van der Waals surface area contributed by atoms with Gasteiger partial charge in [-0.2, -0.15) is 0 Å². The molecule has 1 aliphatic carbocycles. The summed E-state index contributed by atoms with van der Waals surface area (Å²) in [6, 6.07) is 22.1. The zero-order chi connectivity index (χ0) is 51.2. The Balaban J connectivity index is 1.36. The molecule has 0 bridgehead atoms. The first-order valence-corrected chi connectivity index (χ1v) is 25.7. The predicted octanol–water partition coefficient (Wildman–Crippen LogP) is 5.67. The zero-order valence-electron chi connectivity index (χ0n) is 42.1. The van der Waals surface area contributed by atoms with E-state index in [-0.39, 0.29) is 55.6 Å². The van der Waals surface area contributed by atoms with Crippen LogP contribution in [0.25, 0.3) is 0 Å². The van der Waals surface area contributed by atoms with Crippen molar-refractivity contribution in [2.45, 2.75) is 159 Å². The molecule has 1 spiro atoms. The highest BCUT2D eigenvalue weighted by atomic mass is 32.2. The van der Waals surface area contributed by atoms with Crippen molar-refractivity contribution in [1.29, 1.82) is 0 Å². The number of nitrogens with one attached hydrogen (secondary N) is 5. The summed E-state index contributed by atoms with van der Waals surface area (Å²) in [5, 5.41) is 11.5. The van der Waals surface area contributed by atoms with Gasteiger partial charge in [0, 0.05) is 42.7 Å². The number of hydrogen-bond acceptors (Lipinski definition) is 10. The number of benzene rings is 3. The third-order valence-electron chi connectivity index (χ3n) is 12.7. The van der Waals surface area contributed by atoms with Crippen LogP contribution in [0.1, 0.15) is 116 Å². The van der Waals surface area contributed by atoms with Crippen molar-refractivity contribution in [1.82, 2.24) is 30.9 Å². The fraction of sp³-hybridized carbons (Fsp3) is 0.547. The summed E-state index contributed by atoms with van der Waals surface area (Å²) < 4.78 is 26.9. The number of alkyl carbamates (subject to hydrolysis) is 1. The van der Waals surface area contributed by atoms with Crippen molar-refractivity contribution in [2.24, 2.45) is 11.7 Å². The van der Waals surface area contributed by atoms with E-state index in [0.717, 1.165) is 11.1 Å². The molecule has 0 saturated carbocycles. The van der Waals surface area contributed by atoms with Gasteiger partial charge in [0.25, 0.3) is 0 Å². The number of carbonyl (C=O) groups is 6. The minimum absolute atomic E-state index is 0.0419. The molecule has 2 unspecified atom stereocenters. The number of primary amides is 1. The van der Waals surface area contributed by atoms with Crippen LogP contribution in [0.2, 0.25) is 0 Å². The molecular formula is C53H75N7O9S. The summed E-state index contributed by atoms with van der Waals surface area (Å²) in [6.45, 7) is 15.6. The number of ether oxygens (including phenoxy) is 2. The Kier molecular flexibility index (Phi) is 19.7.